The van der Waals surface area contributed by atoms with Gasteiger partial charge in [-0.15, -0.1) is 11.3 Å². The van der Waals surface area contributed by atoms with E-state index in [0.717, 1.165) is 49.8 Å². The highest BCUT2D eigenvalue weighted by atomic mass is 32.1. The zero-order valence-electron chi connectivity index (χ0n) is 21.8. The van der Waals surface area contributed by atoms with E-state index in [0.29, 0.717) is 17.5 Å². The Balaban J connectivity index is 1.41. The smallest absolute Gasteiger partial charge is 0.164 e. The van der Waals surface area contributed by atoms with Crippen LogP contribution in [0.25, 0.3) is 76.6 Å². The van der Waals surface area contributed by atoms with Crippen molar-refractivity contribution in [2.75, 3.05) is 0 Å². The average Bonchev–Trinajstić information content (AvgIpc) is 3.44. The Morgan fingerprint density at radius 1 is 0.415 bits per heavy atom. The van der Waals surface area contributed by atoms with Gasteiger partial charge in [-0.2, -0.15) is 0 Å². The van der Waals surface area contributed by atoms with Crippen molar-refractivity contribution >= 4 is 42.5 Å². The van der Waals surface area contributed by atoms with E-state index in [1.54, 1.807) is 11.3 Å². The number of benzene rings is 5. The summed E-state index contributed by atoms with van der Waals surface area (Å²) >= 11 is 1.76. The third-order valence-corrected chi connectivity index (χ3v) is 8.31. The van der Waals surface area contributed by atoms with E-state index in [4.69, 9.17) is 24.9 Å². The van der Waals surface area contributed by atoms with Crippen molar-refractivity contribution in [3.05, 3.63) is 128 Å². The second kappa shape index (κ2) is 9.70. The van der Waals surface area contributed by atoms with Crippen LogP contribution in [0.15, 0.2) is 128 Å². The van der Waals surface area contributed by atoms with Gasteiger partial charge in [0.15, 0.2) is 17.5 Å². The van der Waals surface area contributed by atoms with Gasteiger partial charge in [0.05, 0.1) is 22.9 Å². The number of hydrogen-bond acceptors (Lipinski definition) is 6. The molecule has 0 unspecified atom stereocenters. The van der Waals surface area contributed by atoms with Crippen LogP contribution in [0, 0.1) is 0 Å². The molecule has 0 fully saturated rings. The van der Waals surface area contributed by atoms with E-state index < -0.39 is 0 Å². The van der Waals surface area contributed by atoms with Gasteiger partial charge in [0.25, 0.3) is 0 Å². The molecule has 5 nitrogen and oxygen atoms in total. The van der Waals surface area contributed by atoms with Crippen LogP contribution in [0.5, 0.6) is 0 Å². The predicted octanol–water partition coefficient (Wildman–Crippen LogP) is 8.85. The zero-order chi connectivity index (χ0) is 27.2. The third-order valence-electron chi connectivity index (χ3n) is 7.19. The second-order valence-electron chi connectivity index (χ2n) is 9.74. The molecule has 0 aliphatic rings. The quantitative estimate of drug-likeness (QED) is 0.222. The molecule has 8 rings (SSSR count). The molecular formula is C35H21N5S. The summed E-state index contributed by atoms with van der Waals surface area (Å²) in [4.78, 5) is 24.7. The predicted molar refractivity (Wildman–Crippen MR) is 168 cm³/mol. The first-order chi connectivity index (χ1) is 20.3. The Morgan fingerprint density at radius 3 is 1.61 bits per heavy atom. The number of thiophene rings is 1. The highest BCUT2D eigenvalue weighted by Crippen LogP contribution is 2.43. The first kappa shape index (κ1) is 23.5. The van der Waals surface area contributed by atoms with Crippen LogP contribution in [-0.2, 0) is 0 Å². The fraction of sp³-hybridized carbons (Fsp3) is 0. The fourth-order valence-corrected chi connectivity index (χ4v) is 6.44. The Kier molecular flexibility index (Phi) is 5.57. The maximum atomic E-state index is 5.03. The van der Waals surface area contributed by atoms with Crippen molar-refractivity contribution in [1.82, 2.24) is 24.9 Å². The largest absolute Gasteiger partial charge is 0.252 e. The lowest BCUT2D eigenvalue weighted by atomic mass is 10.00. The molecule has 0 saturated heterocycles. The minimum absolute atomic E-state index is 0.641. The van der Waals surface area contributed by atoms with Crippen molar-refractivity contribution in [2.24, 2.45) is 0 Å². The van der Waals surface area contributed by atoms with Gasteiger partial charge in [-0.1, -0.05) is 97.1 Å². The normalized spacial score (nSPS) is 11.4. The van der Waals surface area contributed by atoms with E-state index in [1.165, 1.54) is 9.40 Å². The van der Waals surface area contributed by atoms with Crippen molar-refractivity contribution in [3.8, 4) is 45.4 Å². The van der Waals surface area contributed by atoms with Crippen LogP contribution in [-0.4, -0.2) is 24.9 Å². The van der Waals surface area contributed by atoms with Crippen molar-refractivity contribution < 1.29 is 0 Å². The Hall–Kier alpha value is -5.33. The molecule has 192 valence electrons. The zero-order valence-corrected chi connectivity index (χ0v) is 22.6. The summed E-state index contributed by atoms with van der Waals surface area (Å²) in [6.07, 6.45) is 1.87. The minimum atomic E-state index is 0.641. The molecule has 5 aromatic carbocycles. The van der Waals surface area contributed by atoms with Gasteiger partial charge in [0.2, 0.25) is 0 Å². The summed E-state index contributed by atoms with van der Waals surface area (Å²) in [5, 5.41) is 2.25. The second-order valence-corrected chi connectivity index (χ2v) is 10.8. The Bertz CT molecular complexity index is 2150. The van der Waals surface area contributed by atoms with E-state index in [1.807, 2.05) is 91.1 Å². The van der Waals surface area contributed by atoms with Crippen LogP contribution in [0.4, 0.5) is 0 Å². The summed E-state index contributed by atoms with van der Waals surface area (Å²) < 4.78 is 2.35. The van der Waals surface area contributed by atoms with Gasteiger partial charge < -0.3 is 0 Å². The number of aromatic nitrogens is 5. The Morgan fingerprint density at radius 2 is 0.951 bits per heavy atom. The summed E-state index contributed by atoms with van der Waals surface area (Å²) in [5.74, 6) is 1.93. The van der Waals surface area contributed by atoms with Crippen LogP contribution < -0.4 is 0 Å². The highest BCUT2D eigenvalue weighted by Gasteiger charge is 2.19. The van der Waals surface area contributed by atoms with E-state index in [2.05, 4.69) is 36.4 Å². The summed E-state index contributed by atoms with van der Waals surface area (Å²) in [6, 6.07) is 40.9. The molecule has 0 aliphatic carbocycles. The van der Waals surface area contributed by atoms with Crippen LogP contribution >= 0.6 is 11.3 Å². The van der Waals surface area contributed by atoms with Gasteiger partial charge in [-0.25, -0.2) is 19.9 Å². The van der Waals surface area contributed by atoms with Gasteiger partial charge >= 0.3 is 0 Å². The topological polar surface area (TPSA) is 64.5 Å². The lowest BCUT2D eigenvalue weighted by Gasteiger charge is -2.10. The number of fused-ring (bicyclic) bond motifs is 4. The molecule has 0 saturated carbocycles. The molecule has 6 heteroatoms. The molecule has 0 aliphatic heterocycles. The van der Waals surface area contributed by atoms with Crippen LogP contribution in [0.3, 0.4) is 0 Å². The number of hydrogen-bond donors (Lipinski definition) is 0. The molecule has 0 radical (unpaired) electrons. The van der Waals surface area contributed by atoms with E-state index in [-0.39, 0.29) is 0 Å². The Labute approximate surface area is 239 Å². The first-order valence-corrected chi connectivity index (χ1v) is 14.2. The summed E-state index contributed by atoms with van der Waals surface area (Å²) in [5.41, 5.74) is 6.50. The van der Waals surface area contributed by atoms with Crippen LogP contribution in [0.1, 0.15) is 0 Å². The molecule has 0 bridgehead atoms. The van der Waals surface area contributed by atoms with E-state index >= 15 is 0 Å². The molecule has 0 spiro atoms. The summed E-state index contributed by atoms with van der Waals surface area (Å²) in [7, 11) is 0. The number of nitrogens with zero attached hydrogens (tertiary/aromatic N) is 5. The number of rotatable bonds is 4. The molecular weight excluding hydrogens is 522 g/mol. The van der Waals surface area contributed by atoms with Gasteiger partial charge in [-0.3, -0.25) is 4.98 Å². The van der Waals surface area contributed by atoms with Gasteiger partial charge in [-0.05, 0) is 24.3 Å². The molecule has 3 heterocycles. The first-order valence-electron chi connectivity index (χ1n) is 13.4. The molecule has 0 atom stereocenters. The molecule has 41 heavy (non-hydrogen) atoms. The lowest BCUT2D eigenvalue weighted by molar-refractivity contribution is 1.08. The monoisotopic (exact) mass is 543 g/mol. The van der Waals surface area contributed by atoms with Crippen molar-refractivity contribution in [3.63, 3.8) is 0 Å². The maximum absolute atomic E-state index is 5.03. The standard InChI is InChI=1S/C35H21N5S/c1-3-11-22(12-4-1)33-38-34(23-13-5-2-6-14-23)40-35(39-33)25-16-10-20-30-32(25)31-24(15-9-19-29(31)41-30)28-21-36-26-17-7-8-18-27(26)37-28/h1-21H. The average molecular weight is 544 g/mol. The van der Waals surface area contributed by atoms with Gasteiger partial charge in [0.1, 0.15) is 0 Å². The van der Waals surface area contributed by atoms with Crippen LogP contribution in [0.2, 0.25) is 0 Å². The van der Waals surface area contributed by atoms with Crippen molar-refractivity contribution in [1.29, 1.82) is 0 Å². The molecule has 0 amide bonds. The SMILES string of the molecule is c1ccc(-c2nc(-c3ccccc3)nc(-c3cccc4sc5cccc(-c6cnc7ccccc7n6)c5c34)n2)cc1. The summed E-state index contributed by atoms with van der Waals surface area (Å²) in [6.45, 7) is 0. The lowest BCUT2D eigenvalue weighted by Crippen LogP contribution is -2.00. The van der Waals surface area contributed by atoms with Gasteiger partial charge in [0, 0.05) is 42.4 Å². The number of para-hydroxylation sites is 2. The molecule has 8 aromatic rings. The molecule has 3 aromatic heterocycles. The van der Waals surface area contributed by atoms with Crippen molar-refractivity contribution in [2.45, 2.75) is 0 Å². The maximum Gasteiger partial charge on any atom is 0.164 e. The fourth-order valence-electron chi connectivity index (χ4n) is 5.28. The van der Waals surface area contributed by atoms with E-state index in [9.17, 15) is 0 Å². The third kappa shape index (κ3) is 4.13. The molecule has 0 N–H and O–H groups in total. The highest BCUT2D eigenvalue weighted by molar-refractivity contribution is 7.26. The minimum Gasteiger partial charge on any atom is -0.252 e.